The minimum Gasteiger partial charge on any atom is -0.560 e. The summed E-state index contributed by atoms with van der Waals surface area (Å²) in [6.07, 6.45) is 3.70. The van der Waals surface area contributed by atoms with Gasteiger partial charge in [0.05, 0.1) is 0 Å². The Morgan fingerprint density at radius 3 is 2.55 bits per heavy atom. The van der Waals surface area contributed by atoms with Crippen molar-refractivity contribution >= 4 is 87.6 Å². The number of rotatable bonds is 12. The largest absolute Gasteiger partial charge is 0.560 e. The topological polar surface area (TPSA) is 116 Å². The Morgan fingerprint density at radius 2 is 1.83 bits per heavy atom. The van der Waals surface area contributed by atoms with E-state index in [9.17, 15) is 14.4 Å². The number of nitrogens with one attached hydrogen (secondary N) is 2. The molecule has 1 saturated heterocycles. The lowest BCUT2D eigenvalue weighted by atomic mass is 9.99. The van der Waals surface area contributed by atoms with Crippen LogP contribution in [0.1, 0.15) is 24.0 Å². The third-order valence-corrected chi connectivity index (χ3v) is 8.62. The van der Waals surface area contributed by atoms with Gasteiger partial charge in [-0.15, -0.1) is 0 Å². The van der Waals surface area contributed by atoms with Crippen molar-refractivity contribution in [1.29, 1.82) is 0 Å². The Labute approximate surface area is 288 Å². The molecule has 1 heterocycles. The maximum Gasteiger partial charge on any atom is 0.323 e. The molecule has 0 unspecified atom stereocenters. The number of benzene rings is 3. The summed E-state index contributed by atoms with van der Waals surface area (Å²) >= 11 is 12.6. The maximum absolute atomic E-state index is 14.1. The van der Waals surface area contributed by atoms with Crippen LogP contribution in [0.4, 0.5) is 9.59 Å². The van der Waals surface area contributed by atoms with Gasteiger partial charge in [0.25, 0.3) is 0 Å². The Bertz CT molecular complexity index is 1630. The molecule has 4 rings (SSSR count). The van der Waals surface area contributed by atoms with E-state index in [1.165, 1.54) is 46.5 Å². The quantitative estimate of drug-likeness (QED) is 0.132. The number of halogens is 2. The fourth-order valence-corrected chi connectivity index (χ4v) is 6.28. The van der Waals surface area contributed by atoms with E-state index in [0.29, 0.717) is 49.1 Å². The first-order valence-electron chi connectivity index (χ1n) is 15.7. The zero-order valence-electron chi connectivity index (χ0n) is 27.0. The summed E-state index contributed by atoms with van der Waals surface area (Å²) in [5.74, 6) is -0.658. The third kappa shape index (κ3) is 11.2. The third-order valence-electron chi connectivity index (χ3n) is 8.04. The highest BCUT2D eigenvalue weighted by atomic mass is 35.5. The van der Waals surface area contributed by atoms with E-state index in [0.717, 1.165) is 18.5 Å². The van der Waals surface area contributed by atoms with Crippen molar-refractivity contribution in [3.8, 4) is 0 Å². The summed E-state index contributed by atoms with van der Waals surface area (Å²) < 4.78 is 4.87. The maximum atomic E-state index is 14.1. The van der Waals surface area contributed by atoms with Crippen LogP contribution in [-0.4, -0.2) is 108 Å². The molecular formula is C32H39B3Cl2N6O4. The van der Waals surface area contributed by atoms with E-state index in [2.05, 4.69) is 61.9 Å². The summed E-state index contributed by atoms with van der Waals surface area (Å²) in [7, 11) is 4.22. The normalized spacial score (nSPS) is 16.3. The van der Waals surface area contributed by atoms with Crippen molar-refractivity contribution in [3.05, 3.63) is 81.8 Å². The van der Waals surface area contributed by atoms with Gasteiger partial charge in [-0.2, -0.15) is 9.98 Å². The Morgan fingerprint density at radius 1 is 1.04 bits per heavy atom. The molecule has 15 heteroatoms. The lowest BCUT2D eigenvalue weighted by molar-refractivity contribution is -0.138. The van der Waals surface area contributed by atoms with E-state index in [1.54, 1.807) is 18.2 Å². The molecule has 0 spiro atoms. The van der Waals surface area contributed by atoms with Crippen LogP contribution in [0.3, 0.4) is 0 Å². The highest BCUT2D eigenvalue weighted by Crippen LogP contribution is 2.24. The second kappa shape index (κ2) is 17.9. The number of carbonyl (C=O) groups excluding carboxylic acids is 3. The molecule has 1 fully saturated rings. The molecule has 3 aromatic carbocycles. The van der Waals surface area contributed by atoms with Gasteiger partial charge in [0.2, 0.25) is 27.6 Å². The predicted octanol–water partition coefficient (Wildman–Crippen LogP) is 2.23. The van der Waals surface area contributed by atoms with Crippen molar-refractivity contribution in [2.75, 3.05) is 32.7 Å². The highest BCUT2D eigenvalue weighted by Gasteiger charge is 2.34. The number of guanidine groups is 1. The minimum absolute atomic E-state index is 0.109. The summed E-state index contributed by atoms with van der Waals surface area (Å²) in [5.41, 5.74) is 1.99. The van der Waals surface area contributed by atoms with Gasteiger partial charge >= 0.3 is 8.05 Å². The summed E-state index contributed by atoms with van der Waals surface area (Å²) in [4.78, 5) is 50.1. The van der Waals surface area contributed by atoms with Gasteiger partial charge in [0.15, 0.2) is 18.0 Å². The molecule has 0 radical (unpaired) electrons. The molecule has 2 atom stereocenters. The van der Waals surface area contributed by atoms with E-state index in [-0.39, 0.29) is 35.9 Å². The van der Waals surface area contributed by atoms with Gasteiger partial charge in [0, 0.05) is 55.2 Å². The van der Waals surface area contributed by atoms with E-state index < -0.39 is 6.04 Å². The van der Waals surface area contributed by atoms with Crippen molar-refractivity contribution in [3.63, 3.8) is 0 Å². The van der Waals surface area contributed by atoms with Crippen molar-refractivity contribution in [2.24, 2.45) is 9.98 Å². The van der Waals surface area contributed by atoms with Crippen LogP contribution < -0.4 is 10.6 Å². The summed E-state index contributed by atoms with van der Waals surface area (Å²) in [5, 5.41) is 9.33. The Balaban J connectivity index is 1.48. The molecular weight excluding hydrogens is 636 g/mol. The predicted molar refractivity (Wildman–Crippen MR) is 197 cm³/mol. The van der Waals surface area contributed by atoms with Crippen LogP contribution in [0.2, 0.25) is 10.0 Å². The molecule has 47 heavy (non-hydrogen) atoms. The number of hydrogen-bond acceptors (Lipinski definition) is 5. The highest BCUT2D eigenvalue weighted by molar-refractivity contribution is 6.58. The number of fused-ring (bicyclic) bond motifs is 1. The number of nitrogens with zero attached hydrogens (tertiary/aromatic N) is 4. The number of piperazine rings is 1. The van der Waals surface area contributed by atoms with Gasteiger partial charge in [-0.3, -0.25) is 19.3 Å². The molecule has 3 amide bonds. The van der Waals surface area contributed by atoms with E-state index in [4.69, 9.17) is 27.9 Å². The molecule has 3 aromatic rings. The Hall–Kier alpha value is -3.80. The van der Waals surface area contributed by atoms with Crippen LogP contribution >= 0.6 is 23.2 Å². The molecule has 0 saturated carbocycles. The van der Waals surface area contributed by atoms with Crippen LogP contribution in [0.15, 0.2) is 70.6 Å². The molecule has 0 aliphatic carbocycles. The summed E-state index contributed by atoms with van der Waals surface area (Å²) in [6, 6.07) is 19.2. The van der Waals surface area contributed by atoms with Gasteiger partial charge in [-0.1, -0.05) is 71.7 Å². The van der Waals surface area contributed by atoms with Gasteiger partial charge in [0.1, 0.15) is 6.04 Å². The molecule has 244 valence electrons. The number of hydrogen-bond donors (Lipinski definition) is 2. The first-order valence-corrected chi connectivity index (χ1v) is 16.5. The molecule has 0 bridgehead atoms. The average Bonchev–Trinajstić information content (AvgIpc) is 3.04. The van der Waals surface area contributed by atoms with Gasteiger partial charge < -0.3 is 20.2 Å². The first-order chi connectivity index (χ1) is 22.6. The smallest absolute Gasteiger partial charge is 0.323 e. The van der Waals surface area contributed by atoms with Crippen LogP contribution in [0.25, 0.3) is 10.8 Å². The lowest BCUT2D eigenvalue weighted by Crippen LogP contribution is -2.60. The Kier molecular flexibility index (Phi) is 13.8. The molecule has 1 aliphatic rings. The molecule has 2 N–H and O–H groups in total. The van der Waals surface area contributed by atoms with Crippen molar-refractivity contribution in [1.82, 2.24) is 20.4 Å². The SMILES string of the molecule is BOC=NC(=NC(B)=O)NCCC[C@H]1CN(CCc2ccc3ccccc3c2)CCN1C(=O)[C@@H](Cc1ccc(Cl)cc1Cl)NC(B)=O. The van der Waals surface area contributed by atoms with E-state index in [1.807, 2.05) is 11.0 Å². The minimum atomic E-state index is -0.784. The second-order valence-corrected chi connectivity index (χ2v) is 12.4. The molecule has 0 aromatic heterocycles. The van der Waals surface area contributed by atoms with Crippen LogP contribution in [0, 0.1) is 0 Å². The second-order valence-electron chi connectivity index (χ2n) is 11.6. The first kappa shape index (κ1) is 36.0. The fraction of sp³-hybridized carbons (Fsp3) is 0.344. The van der Waals surface area contributed by atoms with E-state index >= 15 is 0 Å². The van der Waals surface area contributed by atoms with Gasteiger partial charge in [-0.05, 0) is 53.3 Å². The molecule has 1 aliphatic heterocycles. The number of aliphatic imine (C=N–C) groups is 2. The average molecular weight is 675 g/mol. The zero-order chi connectivity index (χ0) is 33.8. The van der Waals surface area contributed by atoms with Crippen LogP contribution in [0.5, 0.6) is 0 Å². The number of carbonyl (C=O) groups is 3. The zero-order valence-corrected chi connectivity index (χ0v) is 28.6. The molecule has 10 nitrogen and oxygen atoms in total. The van der Waals surface area contributed by atoms with Gasteiger partial charge in [-0.25, -0.2) is 0 Å². The number of amides is 3. The van der Waals surface area contributed by atoms with Crippen molar-refractivity contribution in [2.45, 2.75) is 37.8 Å². The monoisotopic (exact) mass is 674 g/mol. The lowest BCUT2D eigenvalue weighted by Gasteiger charge is -2.43. The standard InChI is InChI=1S/C32H39B3Cl2N6O4/c33-30(45)40-28(17-24-9-10-25(36)18-27(24)37)29(44)43-15-14-42(13-11-21-7-8-22-4-1-2-5-23(22)16-21)19-26(43)6-3-12-38-32(39-20-47-35)41-31(34)46/h1-2,4-5,7-10,16,18,20,26,28H,3,6,11-15,17,19,33-35H2,(H,40,45)(H,38,41,46)/t26-,28+/m0/s1. The van der Waals surface area contributed by atoms with Crippen molar-refractivity contribution < 1.29 is 19.0 Å². The summed E-state index contributed by atoms with van der Waals surface area (Å²) in [6.45, 7) is 3.26. The van der Waals surface area contributed by atoms with Crippen LogP contribution in [-0.2, 0) is 22.3 Å². The fourth-order valence-electron chi connectivity index (χ4n) is 5.80.